The Hall–Kier alpha value is -4.80. The number of hydrogen-bond donors (Lipinski definition) is 0. The molecule has 0 bridgehead atoms. The molecule has 3 aromatic carbocycles. The molecule has 0 unspecified atom stereocenters. The van der Waals surface area contributed by atoms with E-state index in [0.717, 1.165) is 11.1 Å². The first-order valence-electron chi connectivity index (χ1n) is 13.1. The second kappa shape index (κ2) is 13.0. The summed E-state index contributed by atoms with van der Waals surface area (Å²) in [5.41, 5.74) is 2.72. The number of non-ortho nitro benzene ring substituents is 1. The maximum atomic E-state index is 13.6. The highest BCUT2D eigenvalue weighted by atomic mass is 16.6. The second-order valence-electron chi connectivity index (χ2n) is 9.44. The van der Waals surface area contributed by atoms with Gasteiger partial charge in [0.15, 0.2) is 23.0 Å². The van der Waals surface area contributed by atoms with Gasteiger partial charge in [-0.1, -0.05) is 0 Å². The van der Waals surface area contributed by atoms with Gasteiger partial charge in [-0.15, -0.1) is 0 Å². The van der Waals surface area contributed by atoms with E-state index in [-0.39, 0.29) is 23.9 Å². The van der Waals surface area contributed by atoms with Crippen LogP contribution in [0.15, 0.2) is 54.6 Å². The van der Waals surface area contributed by atoms with Gasteiger partial charge in [-0.25, -0.2) is 0 Å². The molecule has 0 N–H and O–H groups in total. The molecule has 1 aliphatic rings. The van der Waals surface area contributed by atoms with E-state index in [2.05, 4.69) is 0 Å². The van der Waals surface area contributed by atoms with E-state index in [1.54, 1.807) is 37.3 Å². The van der Waals surface area contributed by atoms with Gasteiger partial charge in [0.2, 0.25) is 5.91 Å². The average Bonchev–Trinajstić information content (AvgIpc) is 3.15. The molecule has 41 heavy (non-hydrogen) atoms. The number of anilines is 1. The lowest BCUT2D eigenvalue weighted by Crippen LogP contribution is -2.37. The topological polar surface area (TPSA) is 121 Å². The van der Waals surface area contributed by atoms with Crippen molar-refractivity contribution in [2.75, 3.05) is 53.0 Å². The minimum Gasteiger partial charge on any atom is -0.493 e. The number of carbonyl (C=O) groups excluding carboxylic acids is 2. The molecule has 0 atom stereocenters. The van der Waals surface area contributed by atoms with Crippen LogP contribution in [0, 0.1) is 10.1 Å². The van der Waals surface area contributed by atoms with Crippen molar-refractivity contribution in [1.29, 1.82) is 0 Å². The van der Waals surface area contributed by atoms with E-state index in [1.807, 2.05) is 17.0 Å². The van der Waals surface area contributed by atoms with Crippen molar-refractivity contribution < 1.29 is 33.5 Å². The highest BCUT2D eigenvalue weighted by molar-refractivity contribution is 6.06. The van der Waals surface area contributed by atoms with Gasteiger partial charge in [0.05, 0.1) is 39.8 Å². The van der Waals surface area contributed by atoms with Gasteiger partial charge in [0.25, 0.3) is 11.6 Å². The zero-order valence-electron chi connectivity index (χ0n) is 23.5. The van der Waals surface area contributed by atoms with Crippen LogP contribution in [0.1, 0.15) is 27.9 Å². The van der Waals surface area contributed by atoms with Crippen LogP contribution in [-0.4, -0.2) is 69.7 Å². The van der Waals surface area contributed by atoms with Crippen molar-refractivity contribution in [1.82, 2.24) is 4.90 Å². The largest absolute Gasteiger partial charge is 0.493 e. The molecular formula is C30H33N3O8. The van der Waals surface area contributed by atoms with Crippen molar-refractivity contribution in [2.24, 2.45) is 0 Å². The molecule has 11 nitrogen and oxygen atoms in total. The van der Waals surface area contributed by atoms with Crippen molar-refractivity contribution in [3.05, 3.63) is 81.4 Å². The first-order valence-corrected chi connectivity index (χ1v) is 13.1. The molecule has 2 amide bonds. The molecule has 0 saturated carbocycles. The van der Waals surface area contributed by atoms with Gasteiger partial charge >= 0.3 is 0 Å². The van der Waals surface area contributed by atoms with Crippen LogP contribution in [0.25, 0.3) is 0 Å². The van der Waals surface area contributed by atoms with Gasteiger partial charge in [0, 0.05) is 49.1 Å². The quantitative estimate of drug-likeness (QED) is 0.250. The Morgan fingerprint density at radius 3 is 2.10 bits per heavy atom. The van der Waals surface area contributed by atoms with Crippen LogP contribution in [0.4, 0.5) is 11.4 Å². The number of carbonyl (C=O) groups is 2. The summed E-state index contributed by atoms with van der Waals surface area (Å²) in [4.78, 5) is 40.8. The van der Waals surface area contributed by atoms with E-state index in [4.69, 9.17) is 18.9 Å². The van der Waals surface area contributed by atoms with E-state index < -0.39 is 4.92 Å². The zero-order chi connectivity index (χ0) is 29.5. The summed E-state index contributed by atoms with van der Waals surface area (Å²) >= 11 is 0. The normalized spacial score (nSPS) is 12.7. The lowest BCUT2D eigenvalue weighted by molar-refractivity contribution is -0.384. The number of benzene rings is 3. The Bertz CT molecular complexity index is 1420. The second-order valence-corrected chi connectivity index (χ2v) is 9.44. The maximum absolute atomic E-state index is 13.6. The van der Waals surface area contributed by atoms with E-state index in [9.17, 15) is 19.7 Å². The Balaban J connectivity index is 1.52. The average molecular weight is 564 g/mol. The fraction of sp³-hybridized carbons (Fsp3) is 0.333. The third-order valence-corrected chi connectivity index (χ3v) is 7.11. The number of nitrogens with zero attached hydrogens (tertiary/aromatic N) is 3. The fourth-order valence-corrected chi connectivity index (χ4v) is 4.89. The Labute approximate surface area is 238 Å². The van der Waals surface area contributed by atoms with Gasteiger partial charge < -0.3 is 28.7 Å². The molecule has 0 aliphatic carbocycles. The first-order chi connectivity index (χ1) is 19.8. The number of rotatable bonds is 11. The standard InChI is InChI=1S/C30H33N3O8/c1-38-25-11-10-24(19-28(25)41-4)32(30(35)20-6-8-23(9-7-20)33(36)37)14-5-13-31-15-12-21-16-26(39-2)27(40-3)17-22(21)18-29(31)34/h6-11,16-17,19H,5,12-15,18H2,1-4H3. The predicted octanol–water partition coefficient (Wildman–Crippen LogP) is 4.29. The zero-order valence-corrected chi connectivity index (χ0v) is 23.5. The summed E-state index contributed by atoms with van der Waals surface area (Å²) < 4.78 is 21.6. The van der Waals surface area contributed by atoms with Crippen molar-refractivity contribution in [3.8, 4) is 23.0 Å². The number of nitro benzene ring substituents is 1. The number of methoxy groups -OCH3 is 4. The number of hydrogen-bond acceptors (Lipinski definition) is 8. The Morgan fingerprint density at radius 1 is 0.878 bits per heavy atom. The molecular weight excluding hydrogens is 530 g/mol. The van der Waals surface area contributed by atoms with Crippen molar-refractivity contribution in [3.63, 3.8) is 0 Å². The summed E-state index contributed by atoms with van der Waals surface area (Å²) in [6, 6.07) is 14.4. The van der Waals surface area contributed by atoms with E-state index in [1.165, 1.54) is 38.5 Å². The molecule has 1 heterocycles. The summed E-state index contributed by atoms with van der Waals surface area (Å²) in [6.45, 7) is 1.27. The highest BCUT2D eigenvalue weighted by Gasteiger charge is 2.24. The molecule has 0 radical (unpaired) electrons. The lowest BCUT2D eigenvalue weighted by atomic mass is 10.0. The van der Waals surface area contributed by atoms with E-state index >= 15 is 0 Å². The molecule has 3 aromatic rings. The smallest absolute Gasteiger partial charge is 0.269 e. The number of ether oxygens (including phenoxy) is 4. The van der Waals surface area contributed by atoms with Crippen molar-refractivity contribution >= 4 is 23.2 Å². The fourth-order valence-electron chi connectivity index (χ4n) is 4.89. The summed E-state index contributed by atoms with van der Waals surface area (Å²) in [5.74, 6) is 1.85. The van der Waals surface area contributed by atoms with E-state index in [0.29, 0.717) is 66.7 Å². The number of fused-ring (bicyclic) bond motifs is 1. The summed E-state index contributed by atoms with van der Waals surface area (Å²) in [7, 11) is 6.19. The van der Waals surface area contributed by atoms with Crippen LogP contribution in [0.3, 0.4) is 0 Å². The number of nitro groups is 1. The van der Waals surface area contributed by atoms with Crippen molar-refractivity contribution in [2.45, 2.75) is 19.3 Å². The van der Waals surface area contributed by atoms with Crippen LogP contribution >= 0.6 is 0 Å². The first kappa shape index (κ1) is 29.2. The summed E-state index contributed by atoms with van der Waals surface area (Å²) in [5, 5.41) is 11.1. The monoisotopic (exact) mass is 563 g/mol. The third kappa shape index (κ3) is 6.51. The highest BCUT2D eigenvalue weighted by Crippen LogP contribution is 2.34. The summed E-state index contributed by atoms with van der Waals surface area (Å²) in [6.07, 6.45) is 1.42. The molecule has 0 spiro atoms. The Kier molecular flexibility index (Phi) is 9.28. The molecule has 0 saturated heterocycles. The van der Waals surface area contributed by atoms with Gasteiger partial charge in [-0.3, -0.25) is 19.7 Å². The lowest BCUT2D eigenvalue weighted by Gasteiger charge is -2.26. The Morgan fingerprint density at radius 2 is 1.49 bits per heavy atom. The molecule has 216 valence electrons. The minimum atomic E-state index is -0.511. The van der Waals surface area contributed by atoms with Gasteiger partial charge in [-0.05, 0) is 60.4 Å². The molecule has 1 aliphatic heterocycles. The third-order valence-electron chi connectivity index (χ3n) is 7.11. The van der Waals surface area contributed by atoms with Crippen LogP contribution in [-0.2, 0) is 17.6 Å². The van der Waals surface area contributed by atoms with Gasteiger partial charge in [0.1, 0.15) is 0 Å². The van der Waals surface area contributed by atoms with Crippen LogP contribution < -0.4 is 23.8 Å². The number of amides is 2. The maximum Gasteiger partial charge on any atom is 0.269 e. The molecule has 4 rings (SSSR count). The van der Waals surface area contributed by atoms with Crippen LogP contribution in [0.5, 0.6) is 23.0 Å². The predicted molar refractivity (Wildman–Crippen MR) is 152 cm³/mol. The van der Waals surface area contributed by atoms with Crippen LogP contribution in [0.2, 0.25) is 0 Å². The molecule has 11 heteroatoms. The minimum absolute atomic E-state index is 0.00432. The molecule has 0 fully saturated rings. The SMILES string of the molecule is COc1ccc(N(CCCN2CCc3cc(OC)c(OC)cc3CC2=O)C(=O)c2ccc([N+](=O)[O-])cc2)cc1OC. The van der Waals surface area contributed by atoms with Gasteiger partial charge in [-0.2, -0.15) is 0 Å². The molecule has 0 aromatic heterocycles.